The molecule has 37 heavy (non-hydrogen) atoms. The highest BCUT2D eigenvalue weighted by molar-refractivity contribution is 5.82. The second kappa shape index (κ2) is 10.6. The number of carbonyl (C=O) groups is 1. The minimum atomic E-state index is -0.762. The smallest absolute Gasteiger partial charge is 0.254 e. The lowest BCUT2D eigenvalue weighted by molar-refractivity contribution is -0.169. The van der Waals surface area contributed by atoms with Crippen LogP contribution in [-0.2, 0) is 16.1 Å². The van der Waals surface area contributed by atoms with Gasteiger partial charge in [0, 0.05) is 75.7 Å². The first-order valence-electron chi connectivity index (χ1n) is 13.9. The Balaban J connectivity index is 1.02. The van der Waals surface area contributed by atoms with Crippen LogP contribution in [0.1, 0.15) is 37.3 Å². The van der Waals surface area contributed by atoms with Gasteiger partial charge in [0.05, 0.1) is 12.2 Å². The molecule has 1 aromatic heterocycles. The molecule has 5 atom stereocenters. The predicted octanol–water partition coefficient (Wildman–Crippen LogP) is 1.91. The molecule has 8 heteroatoms. The van der Waals surface area contributed by atoms with Crippen molar-refractivity contribution >= 4 is 11.6 Å². The predicted molar refractivity (Wildman–Crippen MR) is 142 cm³/mol. The van der Waals surface area contributed by atoms with Gasteiger partial charge in [-0.15, -0.1) is 0 Å². The number of aliphatic hydroxyl groups is 1. The number of fused-ring (bicyclic) bond motifs is 4. The molecule has 6 rings (SSSR count). The highest BCUT2D eigenvalue weighted by Crippen LogP contribution is 2.35. The normalized spacial score (nSPS) is 30.1. The number of piperidine rings is 1. The molecule has 1 N–H and O–H groups in total. The summed E-state index contributed by atoms with van der Waals surface area (Å²) < 4.78 is 8.23. The first-order valence-corrected chi connectivity index (χ1v) is 13.9. The number of aromatic nitrogens is 1. The van der Waals surface area contributed by atoms with Crippen molar-refractivity contribution in [2.24, 2.45) is 5.92 Å². The molecule has 4 aliphatic rings. The van der Waals surface area contributed by atoms with E-state index < -0.39 is 12.2 Å². The van der Waals surface area contributed by atoms with E-state index in [0.29, 0.717) is 31.3 Å². The number of carbonyl (C=O) groups excluding carboxylic acids is 1. The average Bonchev–Trinajstić information content (AvgIpc) is 2.93. The Bertz CT molecular complexity index is 1150. The third-order valence-electron chi connectivity index (χ3n) is 8.75. The molecule has 3 saturated heterocycles. The standard InChI is InChI=1S/C29H38N4O4/c34-26-10-9-24(11-12-30-18-21-17-22(20-30)25-7-4-8-27(35)33(25)19-21)37-28(26)29(36)32-15-13-31(14-16-32)23-5-2-1-3-6-23/h1-8,21-22,24,26,28,34H,9-20H2/t21-,22+,24-,26-,28-/m0/s1. The summed E-state index contributed by atoms with van der Waals surface area (Å²) in [5.74, 6) is 0.836. The van der Waals surface area contributed by atoms with Crippen molar-refractivity contribution in [2.75, 3.05) is 50.7 Å². The van der Waals surface area contributed by atoms with Gasteiger partial charge in [0.15, 0.2) is 6.10 Å². The van der Waals surface area contributed by atoms with E-state index in [1.165, 1.54) is 11.4 Å². The van der Waals surface area contributed by atoms with Gasteiger partial charge in [0.1, 0.15) is 0 Å². The van der Waals surface area contributed by atoms with Crippen LogP contribution in [-0.4, -0.2) is 89.5 Å². The molecule has 3 fully saturated rings. The molecule has 1 amide bonds. The molecule has 0 unspecified atom stereocenters. The summed E-state index contributed by atoms with van der Waals surface area (Å²) in [4.78, 5) is 32.3. The topological polar surface area (TPSA) is 78.2 Å². The van der Waals surface area contributed by atoms with Crippen LogP contribution in [0, 0.1) is 5.92 Å². The van der Waals surface area contributed by atoms with Crippen LogP contribution in [0.4, 0.5) is 5.69 Å². The minimum absolute atomic E-state index is 0.0142. The lowest BCUT2D eigenvalue weighted by atomic mass is 9.83. The van der Waals surface area contributed by atoms with Gasteiger partial charge >= 0.3 is 0 Å². The number of anilines is 1. The van der Waals surface area contributed by atoms with Gasteiger partial charge in [-0.2, -0.15) is 0 Å². The average molecular weight is 507 g/mol. The van der Waals surface area contributed by atoms with E-state index in [2.05, 4.69) is 28.0 Å². The van der Waals surface area contributed by atoms with Gasteiger partial charge < -0.3 is 29.1 Å². The monoisotopic (exact) mass is 506 g/mol. The number of hydrogen-bond acceptors (Lipinski definition) is 6. The molecule has 198 valence electrons. The minimum Gasteiger partial charge on any atom is -0.390 e. The van der Waals surface area contributed by atoms with Gasteiger partial charge in [0.2, 0.25) is 0 Å². The summed E-state index contributed by atoms with van der Waals surface area (Å²) in [6.07, 6.45) is 1.89. The number of aliphatic hydroxyl groups excluding tert-OH is 1. The molecule has 2 bridgehead atoms. The maximum Gasteiger partial charge on any atom is 0.254 e. The SMILES string of the molecule is O=C([C@H]1O[C@H](CCN2C[C@@H]3C[C@H](C2)c2cccc(=O)n2C3)CC[C@@H]1O)N1CCN(c2ccccc2)CC1. The van der Waals surface area contributed by atoms with Crippen LogP contribution in [0.25, 0.3) is 0 Å². The molecule has 1 aromatic carbocycles. The van der Waals surface area contributed by atoms with E-state index in [0.717, 1.165) is 58.5 Å². The second-order valence-electron chi connectivity index (χ2n) is 11.2. The molecule has 5 heterocycles. The van der Waals surface area contributed by atoms with Crippen LogP contribution in [0.15, 0.2) is 53.3 Å². The van der Waals surface area contributed by atoms with Crippen molar-refractivity contribution in [3.63, 3.8) is 0 Å². The van der Waals surface area contributed by atoms with Gasteiger partial charge in [-0.3, -0.25) is 9.59 Å². The fraction of sp³-hybridized carbons (Fsp3) is 0.586. The maximum atomic E-state index is 13.3. The lowest BCUT2D eigenvalue weighted by Crippen LogP contribution is -2.56. The highest BCUT2D eigenvalue weighted by atomic mass is 16.5. The fourth-order valence-corrected chi connectivity index (χ4v) is 6.82. The van der Waals surface area contributed by atoms with Crippen molar-refractivity contribution in [3.05, 3.63) is 64.6 Å². The van der Waals surface area contributed by atoms with E-state index in [9.17, 15) is 14.7 Å². The number of rotatable bonds is 5. The molecular formula is C29H38N4O4. The van der Waals surface area contributed by atoms with Crippen molar-refractivity contribution in [1.29, 1.82) is 0 Å². The number of hydrogen-bond donors (Lipinski definition) is 1. The van der Waals surface area contributed by atoms with E-state index in [1.807, 2.05) is 33.7 Å². The lowest BCUT2D eigenvalue weighted by Gasteiger charge is -2.43. The molecule has 8 nitrogen and oxygen atoms in total. The largest absolute Gasteiger partial charge is 0.390 e. The van der Waals surface area contributed by atoms with Crippen LogP contribution in [0.5, 0.6) is 0 Å². The van der Waals surface area contributed by atoms with Crippen LogP contribution >= 0.6 is 0 Å². The number of nitrogens with zero attached hydrogens (tertiary/aromatic N) is 4. The number of para-hydroxylation sites is 1. The molecule has 0 spiro atoms. The van der Waals surface area contributed by atoms with E-state index in [4.69, 9.17) is 4.74 Å². The van der Waals surface area contributed by atoms with Crippen molar-refractivity contribution in [1.82, 2.24) is 14.4 Å². The molecular weight excluding hydrogens is 468 g/mol. The Morgan fingerprint density at radius 3 is 2.57 bits per heavy atom. The second-order valence-corrected chi connectivity index (χ2v) is 11.2. The third kappa shape index (κ3) is 5.19. The van der Waals surface area contributed by atoms with Crippen molar-refractivity contribution in [3.8, 4) is 0 Å². The number of piperazine rings is 1. The van der Waals surface area contributed by atoms with Crippen LogP contribution in [0.3, 0.4) is 0 Å². The number of ether oxygens (including phenoxy) is 1. The summed E-state index contributed by atoms with van der Waals surface area (Å²) in [6, 6.07) is 15.9. The summed E-state index contributed by atoms with van der Waals surface area (Å²) >= 11 is 0. The van der Waals surface area contributed by atoms with E-state index in [-0.39, 0.29) is 17.6 Å². The van der Waals surface area contributed by atoms with Gasteiger partial charge in [0.25, 0.3) is 11.5 Å². The van der Waals surface area contributed by atoms with E-state index >= 15 is 0 Å². The zero-order chi connectivity index (χ0) is 25.4. The third-order valence-corrected chi connectivity index (χ3v) is 8.75. The quantitative estimate of drug-likeness (QED) is 0.668. The molecule has 0 saturated carbocycles. The first-order chi connectivity index (χ1) is 18.0. The van der Waals surface area contributed by atoms with Gasteiger partial charge in [-0.25, -0.2) is 0 Å². The number of likely N-dealkylation sites (tertiary alicyclic amines) is 1. The molecule has 4 aliphatic heterocycles. The molecule has 2 aromatic rings. The molecule has 0 aliphatic carbocycles. The number of pyridine rings is 1. The van der Waals surface area contributed by atoms with Crippen molar-refractivity contribution < 1.29 is 14.6 Å². The molecule has 0 radical (unpaired) electrons. The Morgan fingerprint density at radius 1 is 0.946 bits per heavy atom. The van der Waals surface area contributed by atoms with Crippen LogP contribution in [0.2, 0.25) is 0 Å². The maximum absolute atomic E-state index is 13.3. The van der Waals surface area contributed by atoms with Crippen molar-refractivity contribution in [2.45, 2.75) is 56.5 Å². The summed E-state index contributed by atoms with van der Waals surface area (Å²) in [5.41, 5.74) is 2.47. The zero-order valence-corrected chi connectivity index (χ0v) is 21.5. The van der Waals surface area contributed by atoms with Gasteiger partial charge in [-0.05, 0) is 49.8 Å². The summed E-state index contributed by atoms with van der Waals surface area (Å²) in [7, 11) is 0. The number of amides is 1. The van der Waals surface area contributed by atoms with Gasteiger partial charge in [-0.1, -0.05) is 24.3 Å². The Kier molecular flexibility index (Phi) is 7.06. The highest BCUT2D eigenvalue weighted by Gasteiger charge is 2.39. The Morgan fingerprint density at radius 2 is 1.76 bits per heavy atom. The number of benzene rings is 1. The fourth-order valence-electron chi connectivity index (χ4n) is 6.82. The summed E-state index contributed by atoms with van der Waals surface area (Å²) in [6.45, 7) is 6.55. The van der Waals surface area contributed by atoms with Crippen LogP contribution < -0.4 is 10.5 Å². The summed E-state index contributed by atoms with van der Waals surface area (Å²) in [5, 5.41) is 10.6. The Hall–Kier alpha value is -2.68. The first kappa shape index (κ1) is 24.6. The Labute approximate surface area is 218 Å². The zero-order valence-electron chi connectivity index (χ0n) is 21.5. The van der Waals surface area contributed by atoms with E-state index in [1.54, 1.807) is 6.07 Å².